The molecule has 2 aromatic carbocycles. The molecule has 4 rings (SSSR count). The molecule has 1 aliphatic heterocycles. The molecule has 1 aliphatic rings. The van der Waals surface area contributed by atoms with E-state index in [0.717, 1.165) is 37.6 Å². The van der Waals surface area contributed by atoms with Crippen LogP contribution in [0.2, 0.25) is 0 Å². The van der Waals surface area contributed by atoms with Gasteiger partial charge in [0.2, 0.25) is 0 Å². The predicted molar refractivity (Wildman–Crippen MR) is 107 cm³/mol. The van der Waals surface area contributed by atoms with Gasteiger partial charge in [0.15, 0.2) is 0 Å². The highest BCUT2D eigenvalue weighted by Gasteiger charge is 2.29. The van der Waals surface area contributed by atoms with Gasteiger partial charge in [0.1, 0.15) is 11.5 Å². The fourth-order valence-corrected chi connectivity index (χ4v) is 4.11. The largest absolute Gasteiger partial charge is 0.496 e. The van der Waals surface area contributed by atoms with E-state index in [1.807, 2.05) is 18.2 Å². The summed E-state index contributed by atoms with van der Waals surface area (Å²) in [6.07, 6.45) is 3.30. The van der Waals surface area contributed by atoms with Crippen molar-refractivity contribution in [2.24, 2.45) is 0 Å². The van der Waals surface area contributed by atoms with E-state index in [1.165, 1.54) is 16.8 Å². The van der Waals surface area contributed by atoms with Gasteiger partial charge in [0.05, 0.1) is 20.3 Å². The van der Waals surface area contributed by atoms with Crippen LogP contribution in [0.3, 0.4) is 0 Å². The Bertz CT molecular complexity index is 903. The first kappa shape index (κ1) is 17.7. The SMILES string of the molecule is COc1ccccc1CN1CCCn2cccc2C1c1ccccc1OC. The van der Waals surface area contributed by atoms with Crippen molar-refractivity contribution in [1.82, 2.24) is 9.47 Å². The van der Waals surface area contributed by atoms with Crippen LogP contribution in [0.5, 0.6) is 11.5 Å². The Hall–Kier alpha value is -2.72. The van der Waals surface area contributed by atoms with Crippen LogP contribution in [-0.4, -0.2) is 30.2 Å². The first-order valence-corrected chi connectivity index (χ1v) is 9.45. The van der Waals surface area contributed by atoms with E-state index in [-0.39, 0.29) is 6.04 Å². The first-order chi connectivity index (χ1) is 13.3. The molecular formula is C23H26N2O2. The van der Waals surface area contributed by atoms with Crippen molar-refractivity contribution in [3.8, 4) is 11.5 Å². The van der Waals surface area contributed by atoms with Gasteiger partial charge in [-0.15, -0.1) is 0 Å². The fourth-order valence-electron chi connectivity index (χ4n) is 4.11. The molecule has 4 heteroatoms. The highest BCUT2D eigenvalue weighted by Crippen LogP contribution is 2.38. The van der Waals surface area contributed by atoms with Gasteiger partial charge < -0.3 is 14.0 Å². The Kier molecular flexibility index (Phi) is 5.16. The number of methoxy groups -OCH3 is 2. The van der Waals surface area contributed by atoms with Gasteiger partial charge in [-0.1, -0.05) is 36.4 Å². The molecule has 0 bridgehead atoms. The summed E-state index contributed by atoms with van der Waals surface area (Å²) in [6, 6.07) is 21.2. The van der Waals surface area contributed by atoms with Crippen molar-refractivity contribution in [2.75, 3.05) is 20.8 Å². The zero-order valence-electron chi connectivity index (χ0n) is 16.0. The van der Waals surface area contributed by atoms with E-state index in [0.29, 0.717) is 0 Å². The van der Waals surface area contributed by atoms with Gasteiger partial charge >= 0.3 is 0 Å². The van der Waals surface area contributed by atoms with Gasteiger partial charge in [-0.05, 0) is 30.7 Å². The Morgan fingerprint density at radius 1 is 0.852 bits per heavy atom. The van der Waals surface area contributed by atoms with Crippen LogP contribution in [0.25, 0.3) is 0 Å². The van der Waals surface area contributed by atoms with Crippen LogP contribution in [0, 0.1) is 0 Å². The molecule has 1 unspecified atom stereocenters. The average molecular weight is 362 g/mol. The fraction of sp³-hybridized carbons (Fsp3) is 0.304. The number of benzene rings is 2. The zero-order chi connectivity index (χ0) is 18.6. The summed E-state index contributed by atoms with van der Waals surface area (Å²) in [5.74, 6) is 1.87. The van der Waals surface area contributed by atoms with E-state index < -0.39 is 0 Å². The van der Waals surface area contributed by atoms with E-state index in [1.54, 1.807) is 14.2 Å². The number of hydrogen-bond acceptors (Lipinski definition) is 3. The van der Waals surface area contributed by atoms with Crippen LogP contribution in [-0.2, 0) is 13.1 Å². The number of aryl methyl sites for hydroxylation is 1. The molecule has 3 aromatic rings. The minimum absolute atomic E-state index is 0.142. The van der Waals surface area contributed by atoms with Crippen LogP contribution in [0.15, 0.2) is 66.9 Å². The number of nitrogens with zero attached hydrogens (tertiary/aromatic N) is 2. The number of para-hydroxylation sites is 2. The van der Waals surface area contributed by atoms with Crippen LogP contribution in [0.4, 0.5) is 0 Å². The van der Waals surface area contributed by atoms with Crippen molar-refractivity contribution >= 4 is 0 Å². The number of ether oxygens (including phenoxy) is 2. The highest BCUT2D eigenvalue weighted by molar-refractivity contribution is 5.41. The van der Waals surface area contributed by atoms with E-state index >= 15 is 0 Å². The molecule has 0 fully saturated rings. The maximum Gasteiger partial charge on any atom is 0.124 e. The third kappa shape index (κ3) is 3.45. The number of aromatic nitrogens is 1. The number of hydrogen-bond donors (Lipinski definition) is 0. The molecule has 27 heavy (non-hydrogen) atoms. The van der Waals surface area contributed by atoms with Gasteiger partial charge in [-0.3, -0.25) is 4.90 Å². The van der Waals surface area contributed by atoms with E-state index in [4.69, 9.17) is 9.47 Å². The Balaban J connectivity index is 1.79. The molecule has 0 saturated heterocycles. The standard InChI is InChI=1S/C23H26N2O2/c1-26-21-12-5-3-9-18(21)17-25-16-8-15-24-14-7-11-20(24)23(25)19-10-4-6-13-22(19)27-2/h3-7,9-14,23H,8,15-17H2,1-2H3. The summed E-state index contributed by atoms with van der Waals surface area (Å²) in [5, 5.41) is 0. The normalized spacial score (nSPS) is 17.2. The molecule has 0 amide bonds. The quantitative estimate of drug-likeness (QED) is 0.668. The summed E-state index contributed by atoms with van der Waals surface area (Å²) in [4.78, 5) is 2.54. The lowest BCUT2D eigenvalue weighted by atomic mass is 9.99. The smallest absolute Gasteiger partial charge is 0.124 e. The van der Waals surface area contributed by atoms with Crippen molar-refractivity contribution < 1.29 is 9.47 Å². The summed E-state index contributed by atoms with van der Waals surface area (Å²) in [5.41, 5.74) is 3.73. The van der Waals surface area contributed by atoms with Gasteiger partial charge in [0.25, 0.3) is 0 Å². The van der Waals surface area contributed by atoms with Gasteiger partial charge in [0, 0.05) is 42.7 Å². The second-order valence-corrected chi connectivity index (χ2v) is 6.91. The zero-order valence-corrected chi connectivity index (χ0v) is 16.0. The third-order valence-corrected chi connectivity index (χ3v) is 5.35. The van der Waals surface area contributed by atoms with Crippen LogP contribution in [0.1, 0.15) is 29.3 Å². The minimum atomic E-state index is 0.142. The lowest BCUT2D eigenvalue weighted by Gasteiger charge is -2.32. The number of fused-ring (bicyclic) bond motifs is 1. The Labute approximate surface area is 161 Å². The van der Waals surface area contributed by atoms with Crippen LogP contribution < -0.4 is 9.47 Å². The molecule has 0 spiro atoms. The molecule has 140 valence electrons. The molecule has 1 aromatic heterocycles. The monoisotopic (exact) mass is 362 g/mol. The molecular weight excluding hydrogens is 336 g/mol. The van der Waals surface area contributed by atoms with Gasteiger partial charge in [-0.2, -0.15) is 0 Å². The van der Waals surface area contributed by atoms with Crippen LogP contribution >= 0.6 is 0 Å². The summed E-state index contributed by atoms with van der Waals surface area (Å²) in [7, 11) is 3.49. The molecule has 0 saturated carbocycles. The summed E-state index contributed by atoms with van der Waals surface area (Å²) < 4.78 is 13.7. The maximum absolute atomic E-state index is 5.71. The summed E-state index contributed by atoms with van der Waals surface area (Å²) in [6.45, 7) is 2.89. The molecule has 0 radical (unpaired) electrons. The lowest BCUT2D eigenvalue weighted by molar-refractivity contribution is 0.213. The minimum Gasteiger partial charge on any atom is -0.496 e. The Morgan fingerprint density at radius 2 is 1.59 bits per heavy atom. The Morgan fingerprint density at radius 3 is 2.41 bits per heavy atom. The number of rotatable bonds is 5. The average Bonchev–Trinajstić information content (AvgIpc) is 3.10. The third-order valence-electron chi connectivity index (χ3n) is 5.35. The van der Waals surface area contributed by atoms with Crippen molar-refractivity contribution in [3.63, 3.8) is 0 Å². The molecule has 0 aliphatic carbocycles. The van der Waals surface area contributed by atoms with E-state index in [9.17, 15) is 0 Å². The topological polar surface area (TPSA) is 26.6 Å². The first-order valence-electron chi connectivity index (χ1n) is 9.45. The van der Waals surface area contributed by atoms with Crippen molar-refractivity contribution in [1.29, 1.82) is 0 Å². The molecule has 1 atom stereocenters. The predicted octanol–water partition coefficient (Wildman–Crippen LogP) is 4.50. The van der Waals surface area contributed by atoms with E-state index in [2.05, 4.69) is 58.1 Å². The second kappa shape index (κ2) is 7.89. The second-order valence-electron chi connectivity index (χ2n) is 6.91. The highest BCUT2D eigenvalue weighted by atomic mass is 16.5. The molecule has 2 heterocycles. The van der Waals surface area contributed by atoms with Crippen molar-refractivity contribution in [3.05, 3.63) is 83.7 Å². The lowest BCUT2D eigenvalue weighted by Crippen LogP contribution is -2.30. The van der Waals surface area contributed by atoms with Gasteiger partial charge in [-0.25, -0.2) is 0 Å². The maximum atomic E-state index is 5.71. The summed E-state index contributed by atoms with van der Waals surface area (Å²) >= 11 is 0. The molecule has 0 N–H and O–H groups in total. The molecule has 4 nitrogen and oxygen atoms in total. The van der Waals surface area contributed by atoms with Crippen molar-refractivity contribution in [2.45, 2.75) is 25.6 Å².